The van der Waals surface area contributed by atoms with Crippen molar-refractivity contribution in [1.82, 2.24) is 5.43 Å². The highest BCUT2D eigenvalue weighted by Gasteiger charge is 2.18. The van der Waals surface area contributed by atoms with Gasteiger partial charge in [-0.25, -0.2) is 5.84 Å². The summed E-state index contributed by atoms with van der Waals surface area (Å²) >= 11 is 1.86. The Labute approximate surface area is 98.5 Å². The van der Waals surface area contributed by atoms with Crippen molar-refractivity contribution in [3.63, 3.8) is 0 Å². The fourth-order valence-corrected chi connectivity index (χ4v) is 2.40. The molecule has 1 aromatic carbocycles. The fourth-order valence-electron chi connectivity index (χ4n) is 1.41. The number of benzene rings is 1. The van der Waals surface area contributed by atoms with Gasteiger partial charge in [0.1, 0.15) is 0 Å². The minimum absolute atomic E-state index is 0.251. The molecule has 1 heterocycles. The number of amides is 1. The van der Waals surface area contributed by atoms with E-state index >= 15 is 0 Å². The van der Waals surface area contributed by atoms with Gasteiger partial charge >= 0.3 is 0 Å². The third-order valence-corrected chi connectivity index (χ3v) is 3.66. The van der Waals surface area contributed by atoms with Crippen molar-refractivity contribution in [2.75, 3.05) is 13.2 Å². The van der Waals surface area contributed by atoms with Gasteiger partial charge in [-0.05, 0) is 17.7 Å². The molecule has 1 fully saturated rings. The summed E-state index contributed by atoms with van der Waals surface area (Å²) in [7, 11) is 0. The van der Waals surface area contributed by atoms with Crippen LogP contribution in [0.15, 0.2) is 24.3 Å². The number of ether oxygens (including phenoxy) is 1. The van der Waals surface area contributed by atoms with E-state index in [1.165, 1.54) is 0 Å². The number of carbonyl (C=O) groups is 1. The molecule has 1 saturated heterocycles. The Morgan fingerprint density at radius 2 is 2.38 bits per heavy atom. The minimum atomic E-state index is -0.251. The molecule has 1 aliphatic rings. The first-order valence-corrected chi connectivity index (χ1v) is 6.13. The molecule has 0 spiro atoms. The lowest BCUT2D eigenvalue weighted by atomic mass is 10.1. The van der Waals surface area contributed by atoms with E-state index in [0.717, 1.165) is 24.5 Å². The molecule has 0 radical (unpaired) electrons. The van der Waals surface area contributed by atoms with E-state index in [2.05, 4.69) is 5.43 Å². The summed E-state index contributed by atoms with van der Waals surface area (Å²) in [6.07, 6.45) is 0. The van der Waals surface area contributed by atoms with Crippen molar-refractivity contribution in [2.45, 2.75) is 11.0 Å². The second kappa shape index (κ2) is 5.34. The van der Waals surface area contributed by atoms with E-state index in [9.17, 15) is 4.79 Å². The van der Waals surface area contributed by atoms with Crippen LogP contribution in [0, 0.1) is 0 Å². The molecule has 0 saturated carbocycles. The Morgan fingerprint density at radius 3 is 3.00 bits per heavy atom. The van der Waals surface area contributed by atoms with Crippen molar-refractivity contribution in [2.24, 2.45) is 5.84 Å². The van der Waals surface area contributed by atoms with Gasteiger partial charge < -0.3 is 4.74 Å². The van der Waals surface area contributed by atoms with Gasteiger partial charge in [0.05, 0.1) is 18.5 Å². The molecular formula is C11H14N2O2S. The van der Waals surface area contributed by atoms with Crippen LogP contribution < -0.4 is 11.3 Å². The molecule has 1 aliphatic heterocycles. The zero-order valence-electron chi connectivity index (χ0n) is 8.81. The highest BCUT2D eigenvalue weighted by molar-refractivity contribution is 7.99. The second-order valence-electron chi connectivity index (χ2n) is 3.64. The summed E-state index contributed by atoms with van der Waals surface area (Å²) in [6.45, 7) is 1.68. The Morgan fingerprint density at radius 1 is 1.56 bits per heavy atom. The van der Waals surface area contributed by atoms with Gasteiger partial charge in [-0.2, -0.15) is 0 Å². The van der Waals surface area contributed by atoms with Gasteiger partial charge in [0.2, 0.25) is 0 Å². The molecule has 16 heavy (non-hydrogen) atoms. The predicted octanol–water partition coefficient (Wildman–Crippen LogP) is 0.922. The number of hydrazine groups is 1. The van der Waals surface area contributed by atoms with Gasteiger partial charge in [-0.1, -0.05) is 12.1 Å². The number of carbonyl (C=O) groups excluding carboxylic acids is 1. The third-order valence-electron chi connectivity index (χ3n) is 2.41. The summed E-state index contributed by atoms with van der Waals surface area (Å²) in [6, 6.07) is 7.51. The van der Waals surface area contributed by atoms with Crippen molar-refractivity contribution in [3.05, 3.63) is 35.4 Å². The quantitative estimate of drug-likeness (QED) is 0.465. The van der Waals surface area contributed by atoms with E-state index in [1.54, 1.807) is 6.07 Å². The number of hydrogen-bond acceptors (Lipinski definition) is 4. The number of nitrogens with one attached hydrogen (secondary N) is 1. The predicted molar refractivity (Wildman–Crippen MR) is 64.0 cm³/mol. The third kappa shape index (κ3) is 2.75. The largest absolute Gasteiger partial charge is 0.379 e. The van der Waals surface area contributed by atoms with E-state index in [4.69, 9.17) is 10.6 Å². The molecule has 0 atom stereocenters. The topological polar surface area (TPSA) is 64.3 Å². The van der Waals surface area contributed by atoms with Crippen molar-refractivity contribution in [3.8, 4) is 0 Å². The first-order chi connectivity index (χ1) is 7.79. The van der Waals surface area contributed by atoms with E-state index in [0.29, 0.717) is 10.8 Å². The highest BCUT2D eigenvalue weighted by Crippen LogP contribution is 2.23. The standard InChI is InChI=1S/C11H14N2O2S/c12-13-11(14)9-3-1-2-8(4-9)7-16-10-5-15-6-10/h1-4,10H,5-7,12H2,(H,13,14). The molecule has 2 rings (SSSR count). The average molecular weight is 238 g/mol. The van der Waals surface area contributed by atoms with Crippen LogP contribution in [0.25, 0.3) is 0 Å². The number of nitrogens with two attached hydrogens (primary N) is 1. The SMILES string of the molecule is NNC(=O)c1cccc(CSC2COC2)c1. The average Bonchev–Trinajstić information content (AvgIpc) is 2.26. The molecular weight excluding hydrogens is 224 g/mol. The maximum absolute atomic E-state index is 11.3. The Balaban J connectivity index is 1.95. The molecule has 0 unspecified atom stereocenters. The first kappa shape index (κ1) is 11.4. The van der Waals surface area contributed by atoms with Crippen LogP contribution in [0.3, 0.4) is 0 Å². The molecule has 1 aromatic rings. The monoisotopic (exact) mass is 238 g/mol. The Kier molecular flexibility index (Phi) is 3.82. The maximum Gasteiger partial charge on any atom is 0.265 e. The van der Waals surface area contributed by atoms with Crippen LogP contribution in [-0.2, 0) is 10.5 Å². The fraction of sp³-hybridized carbons (Fsp3) is 0.364. The minimum Gasteiger partial charge on any atom is -0.379 e. The molecule has 4 nitrogen and oxygen atoms in total. The van der Waals surface area contributed by atoms with Gasteiger partial charge in [0, 0.05) is 11.3 Å². The summed E-state index contributed by atoms with van der Waals surface area (Å²) in [5, 5.41) is 0.604. The van der Waals surface area contributed by atoms with Crippen LogP contribution in [0.1, 0.15) is 15.9 Å². The van der Waals surface area contributed by atoms with Crippen LogP contribution in [0.2, 0.25) is 0 Å². The molecule has 3 N–H and O–H groups in total. The first-order valence-electron chi connectivity index (χ1n) is 5.09. The van der Waals surface area contributed by atoms with Crippen molar-refractivity contribution >= 4 is 17.7 Å². The van der Waals surface area contributed by atoms with Crippen LogP contribution in [0.4, 0.5) is 0 Å². The molecule has 0 aromatic heterocycles. The van der Waals surface area contributed by atoms with Crippen LogP contribution in [0.5, 0.6) is 0 Å². The smallest absolute Gasteiger partial charge is 0.265 e. The lowest BCUT2D eigenvalue weighted by molar-refractivity contribution is 0.0455. The molecule has 5 heteroatoms. The molecule has 1 amide bonds. The highest BCUT2D eigenvalue weighted by atomic mass is 32.2. The van der Waals surface area contributed by atoms with E-state index < -0.39 is 0 Å². The molecule has 86 valence electrons. The zero-order chi connectivity index (χ0) is 11.4. The molecule has 0 aliphatic carbocycles. The van der Waals surface area contributed by atoms with Gasteiger partial charge in [0.15, 0.2) is 0 Å². The summed E-state index contributed by atoms with van der Waals surface area (Å²) < 4.78 is 5.10. The Bertz CT molecular complexity index is 380. The lowest BCUT2D eigenvalue weighted by Crippen LogP contribution is -2.30. The number of thioether (sulfide) groups is 1. The Hall–Kier alpha value is -1.04. The van der Waals surface area contributed by atoms with Gasteiger partial charge in [0.25, 0.3) is 5.91 Å². The number of nitrogen functional groups attached to an aromatic ring is 1. The maximum atomic E-state index is 11.3. The summed E-state index contributed by atoms with van der Waals surface area (Å²) in [4.78, 5) is 11.3. The molecule has 0 bridgehead atoms. The normalized spacial score (nSPS) is 15.6. The summed E-state index contributed by atoms with van der Waals surface area (Å²) in [5.41, 5.74) is 3.87. The number of rotatable bonds is 4. The van der Waals surface area contributed by atoms with Crippen LogP contribution in [-0.4, -0.2) is 24.4 Å². The van der Waals surface area contributed by atoms with Crippen molar-refractivity contribution in [1.29, 1.82) is 0 Å². The summed E-state index contributed by atoms with van der Waals surface area (Å²) in [5.74, 6) is 5.74. The zero-order valence-corrected chi connectivity index (χ0v) is 9.63. The lowest BCUT2D eigenvalue weighted by Gasteiger charge is -2.25. The van der Waals surface area contributed by atoms with Crippen LogP contribution >= 0.6 is 11.8 Å². The number of hydrogen-bond donors (Lipinski definition) is 2. The second-order valence-corrected chi connectivity index (χ2v) is 4.93. The van der Waals surface area contributed by atoms with E-state index in [-0.39, 0.29) is 5.91 Å². The van der Waals surface area contributed by atoms with Gasteiger partial charge in [-0.3, -0.25) is 10.2 Å². The van der Waals surface area contributed by atoms with Gasteiger partial charge in [-0.15, -0.1) is 11.8 Å². The van der Waals surface area contributed by atoms with E-state index in [1.807, 2.05) is 30.0 Å². The van der Waals surface area contributed by atoms with Crippen molar-refractivity contribution < 1.29 is 9.53 Å².